The fraction of sp³-hybridized carbons (Fsp3) is 0.167. The number of nitrogens with one attached hydrogen (secondary N) is 2. The van der Waals surface area contributed by atoms with Crippen molar-refractivity contribution >= 4 is 11.6 Å². The highest BCUT2D eigenvalue weighted by molar-refractivity contribution is 5.99. The zero-order valence-electron chi connectivity index (χ0n) is 10.2. The lowest BCUT2D eigenvalue weighted by Crippen LogP contribution is -2.25. The molecule has 0 unspecified atom stereocenters. The molecule has 0 fully saturated rings. The van der Waals surface area contributed by atoms with Gasteiger partial charge in [0.05, 0.1) is 35.4 Å². The first-order valence-electron chi connectivity index (χ1n) is 5.60. The van der Waals surface area contributed by atoms with E-state index in [-0.39, 0.29) is 12.1 Å². The molecule has 2 rings (SSSR count). The van der Waals surface area contributed by atoms with Crippen LogP contribution in [0.15, 0.2) is 30.7 Å². The quantitative estimate of drug-likeness (QED) is 0.753. The van der Waals surface area contributed by atoms with Crippen molar-refractivity contribution in [2.45, 2.75) is 12.7 Å². The highest BCUT2D eigenvalue weighted by Gasteiger charge is 2.34. The van der Waals surface area contributed by atoms with Crippen molar-refractivity contribution in [3.8, 4) is 0 Å². The average molecular weight is 284 g/mol. The fourth-order valence-corrected chi connectivity index (χ4v) is 1.66. The molecule has 2 aromatic rings. The lowest BCUT2D eigenvalue weighted by atomic mass is 10.1. The van der Waals surface area contributed by atoms with E-state index in [2.05, 4.69) is 15.3 Å². The number of nitrogen functional groups attached to an aromatic ring is 1. The maximum Gasteiger partial charge on any atom is 0.418 e. The van der Waals surface area contributed by atoms with E-state index in [1.807, 2.05) is 0 Å². The fourth-order valence-electron chi connectivity index (χ4n) is 1.66. The Labute approximate surface area is 112 Å². The number of aromatic amines is 1. The summed E-state index contributed by atoms with van der Waals surface area (Å²) in [5, 5.41) is 2.46. The third-order valence-electron chi connectivity index (χ3n) is 2.65. The standard InChI is InChI=1S/C12H11F3N4O/c13-12(14,15)9-3-1-2-8(10(9)16)11(20)18-5-7-4-17-6-19-7/h1-4,6H,5,16H2,(H,17,19)(H,18,20). The Bertz CT molecular complexity index is 608. The van der Waals surface area contributed by atoms with Crippen molar-refractivity contribution in [3.05, 3.63) is 47.5 Å². The summed E-state index contributed by atoms with van der Waals surface area (Å²) in [7, 11) is 0. The minimum absolute atomic E-state index is 0.120. The molecule has 0 aliphatic heterocycles. The van der Waals surface area contributed by atoms with Gasteiger partial charge in [-0.2, -0.15) is 13.2 Å². The number of H-pyrrole nitrogens is 1. The van der Waals surface area contributed by atoms with Crippen LogP contribution in [0.2, 0.25) is 0 Å². The summed E-state index contributed by atoms with van der Waals surface area (Å²) in [5.74, 6) is -0.678. The van der Waals surface area contributed by atoms with E-state index in [1.165, 1.54) is 18.6 Å². The molecule has 1 amide bonds. The summed E-state index contributed by atoms with van der Waals surface area (Å²) in [5.41, 5.74) is 4.24. The lowest BCUT2D eigenvalue weighted by Gasteiger charge is -2.13. The van der Waals surface area contributed by atoms with E-state index in [0.29, 0.717) is 5.69 Å². The molecule has 1 aromatic heterocycles. The largest absolute Gasteiger partial charge is 0.418 e. The summed E-state index contributed by atoms with van der Waals surface area (Å²) in [6.45, 7) is 0.120. The Morgan fingerprint density at radius 2 is 2.15 bits per heavy atom. The second-order valence-electron chi connectivity index (χ2n) is 4.02. The number of hydrogen-bond donors (Lipinski definition) is 3. The Morgan fingerprint density at radius 1 is 1.40 bits per heavy atom. The molecule has 1 heterocycles. The topological polar surface area (TPSA) is 83.8 Å². The van der Waals surface area contributed by atoms with Crippen LogP contribution in [0.3, 0.4) is 0 Å². The van der Waals surface area contributed by atoms with Gasteiger partial charge < -0.3 is 16.0 Å². The molecule has 0 bridgehead atoms. The molecule has 0 aliphatic carbocycles. The number of aromatic nitrogens is 2. The van der Waals surface area contributed by atoms with Crippen LogP contribution in [0.25, 0.3) is 0 Å². The monoisotopic (exact) mass is 284 g/mol. The van der Waals surface area contributed by atoms with Gasteiger partial charge in [-0.15, -0.1) is 0 Å². The van der Waals surface area contributed by atoms with Crippen LogP contribution in [-0.4, -0.2) is 15.9 Å². The van der Waals surface area contributed by atoms with Crippen LogP contribution < -0.4 is 11.1 Å². The van der Waals surface area contributed by atoms with Gasteiger partial charge in [0.2, 0.25) is 0 Å². The van der Waals surface area contributed by atoms with Gasteiger partial charge in [0, 0.05) is 6.20 Å². The SMILES string of the molecule is Nc1c(C(=O)NCc2cnc[nH]2)cccc1C(F)(F)F. The number of amides is 1. The summed E-state index contributed by atoms with van der Waals surface area (Å²) in [6.07, 6.45) is -1.67. The maximum absolute atomic E-state index is 12.7. The molecule has 0 aliphatic rings. The minimum atomic E-state index is -4.59. The van der Waals surface area contributed by atoms with Crippen LogP contribution in [0.4, 0.5) is 18.9 Å². The Hall–Kier alpha value is -2.51. The van der Waals surface area contributed by atoms with Crippen molar-refractivity contribution in [3.63, 3.8) is 0 Å². The van der Waals surface area contributed by atoms with Gasteiger partial charge in [0.1, 0.15) is 0 Å². The van der Waals surface area contributed by atoms with Crippen LogP contribution in [0, 0.1) is 0 Å². The van der Waals surface area contributed by atoms with Gasteiger partial charge in [-0.3, -0.25) is 4.79 Å². The number of nitrogens with two attached hydrogens (primary N) is 1. The predicted molar refractivity (Wildman–Crippen MR) is 65.6 cm³/mol. The number of anilines is 1. The molecule has 20 heavy (non-hydrogen) atoms. The van der Waals surface area contributed by atoms with Crippen LogP contribution in [-0.2, 0) is 12.7 Å². The van der Waals surface area contributed by atoms with Crippen molar-refractivity contribution < 1.29 is 18.0 Å². The normalized spacial score (nSPS) is 11.3. The van der Waals surface area contributed by atoms with Crippen molar-refractivity contribution in [2.24, 2.45) is 0 Å². The van der Waals surface area contributed by atoms with Gasteiger partial charge in [-0.05, 0) is 12.1 Å². The van der Waals surface area contributed by atoms with E-state index in [0.717, 1.165) is 12.1 Å². The van der Waals surface area contributed by atoms with Crippen molar-refractivity contribution in [2.75, 3.05) is 5.73 Å². The molecule has 0 saturated heterocycles. The van der Waals surface area contributed by atoms with Gasteiger partial charge in [-0.1, -0.05) is 6.07 Å². The molecule has 106 valence electrons. The minimum Gasteiger partial charge on any atom is -0.398 e. The second kappa shape index (κ2) is 5.24. The molecule has 0 spiro atoms. The van der Waals surface area contributed by atoms with Gasteiger partial charge in [0.15, 0.2) is 0 Å². The second-order valence-corrected chi connectivity index (χ2v) is 4.02. The Morgan fingerprint density at radius 3 is 2.75 bits per heavy atom. The number of carbonyl (C=O) groups is 1. The van der Waals surface area contributed by atoms with Crippen molar-refractivity contribution in [1.29, 1.82) is 0 Å². The molecule has 1 aromatic carbocycles. The summed E-state index contributed by atoms with van der Waals surface area (Å²) in [6, 6.07) is 3.22. The Balaban J connectivity index is 2.18. The number of halogens is 3. The van der Waals surface area contributed by atoms with Crippen LogP contribution in [0.5, 0.6) is 0 Å². The highest BCUT2D eigenvalue weighted by atomic mass is 19.4. The average Bonchev–Trinajstić information content (AvgIpc) is 2.88. The van der Waals surface area contributed by atoms with Crippen molar-refractivity contribution in [1.82, 2.24) is 15.3 Å². The molecule has 0 radical (unpaired) electrons. The molecule has 0 saturated carbocycles. The number of nitrogens with zero attached hydrogens (tertiary/aromatic N) is 1. The van der Waals surface area contributed by atoms with E-state index in [9.17, 15) is 18.0 Å². The number of alkyl halides is 3. The predicted octanol–water partition coefficient (Wildman–Crippen LogP) is 1.94. The summed E-state index contributed by atoms with van der Waals surface area (Å²) in [4.78, 5) is 18.4. The zero-order chi connectivity index (χ0) is 14.8. The first-order valence-corrected chi connectivity index (χ1v) is 5.60. The van der Waals surface area contributed by atoms with Crippen LogP contribution >= 0.6 is 0 Å². The van der Waals surface area contributed by atoms with E-state index in [1.54, 1.807) is 0 Å². The van der Waals surface area contributed by atoms with E-state index < -0.39 is 23.3 Å². The molecular weight excluding hydrogens is 273 g/mol. The third kappa shape index (κ3) is 2.90. The van der Waals surface area contributed by atoms with Gasteiger partial charge >= 0.3 is 6.18 Å². The molecule has 4 N–H and O–H groups in total. The number of carbonyl (C=O) groups excluding carboxylic acids is 1. The number of para-hydroxylation sites is 1. The first-order chi connectivity index (χ1) is 9.39. The molecule has 0 atom stereocenters. The molecule has 5 nitrogen and oxygen atoms in total. The number of rotatable bonds is 3. The van der Waals surface area contributed by atoms with E-state index >= 15 is 0 Å². The Kier molecular flexibility index (Phi) is 3.64. The lowest BCUT2D eigenvalue weighted by molar-refractivity contribution is -0.136. The number of hydrogen-bond acceptors (Lipinski definition) is 3. The van der Waals surface area contributed by atoms with Gasteiger partial charge in [0.25, 0.3) is 5.91 Å². The summed E-state index contributed by atoms with van der Waals surface area (Å²) < 4.78 is 38.0. The van der Waals surface area contributed by atoms with Crippen LogP contribution in [0.1, 0.15) is 21.6 Å². The maximum atomic E-state index is 12.7. The first kappa shape index (κ1) is 13.9. The molecule has 8 heteroatoms. The zero-order valence-corrected chi connectivity index (χ0v) is 10.2. The molecular formula is C12H11F3N4O. The number of imidazole rings is 1. The summed E-state index contributed by atoms with van der Waals surface area (Å²) >= 11 is 0. The third-order valence-corrected chi connectivity index (χ3v) is 2.65. The number of benzene rings is 1. The highest BCUT2D eigenvalue weighted by Crippen LogP contribution is 2.34. The smallest absolute Gasteiger partial charge is 0.398 e. The van der Waals surface area contributed by atoms with E-state index in [4.69, 9.17) is 5.73 Å². The van der Waals surface area contributed by atoms with Gasteiger partial charge in [-0.25, -0.2) is 4.98 Å².